The van der Waals surface area contributed by atoms with Crippen molar-refractivity contribution >= 4 is 12.0 Å². The smallest absolute Gasteiger partial charge is 0.410 e. The molecule has 9 nitrogen and oxygen atoms in total. The van der Waals surface area contributed by atoms with Crippen LogP contribution in [0.1, 0.15) is 26.5 Å². The van der Waals surface area contributed by atoms with Gasteiger partial charge in [-0.1, -0.05) is 0 Å². The third kappa shape index (κ3) is 5.50. The first kappa shape index (κ1) is 18.8. The molecule has 1 fully saturated rings. The molecule has 2 aromatic rings. The van der Waals surface area contributed by atoms with E-state index in [9.17, 15) is 4.79 Å². The lowest BCUT2D eigenvalue weighted by Gasteiger charge is -2.35. The number of carbonyl (C=O) groups is 1. The van der Waals surface area contributed by atoms with Crippen molar-refractivity contribution in [2.45, 2.75) is 33.0 Å². The molecule has 0 radical (unpaired) electrons. The molecule has 0 aliphatic carbocycles. The van der Waals surface area contributed by atoms with Crippen LogP contribution in [0.3, 0.4) is 0 Å². The summed E-state index contributed by atoms with van der Waals surface area (Å²) >= 11 is 0. The molecule has 0 aromatic carbocycles. The Morgan fingerprint density at radius 1 is 1.11 bits per heavy atom. The fraction of sp³-hybridized carbons (Fsp3) is 0.500. The maximum atomic E-state index is 12.1. The fourth-order valence-electron chi connectivity index (χ4n) is 2.52. The standard InChI is InChI=1S/C18H24N6O3/c1-18(2,3)27-17(25)24-8-6-23(7-9-24)16-20-10-15(11-21-16)26-12-14-4-5-19-13-22-14/h4-5,10-11,13H,6-9,12H2,1-3H3. The second-order valence-electron chi connectivity index (χ2n) is 7.16. The number of rotatable bonds is 4. The third-order valence-corrected chi connectivity index (χ3v) is 3.86. The molecule has 0 saturated carbocycles. The monoisotopic (exact) mass is 372 g/mol. The maximum absolute atomic E-state index is 12.1. The summed E-state index contributed by atoms with van der Waals surface area (Å²) in [5.74, 6) is 1.19. The molecule has 1 aliphatic heterocycles. The Morgan fingerprint density at radius 3 is 2.41 bits per heavy atom. The maximum Gasteiger partial charge on any atom is 0.410 e. The van der Waals surface area contributed by atoms with Crippen LogP contribution in [0, 0.1) is 0 Å². The molecule has 144 valence electrons. The Balaban J connectivity index is 1.49. The first-order valence-electron chi connectivity index (χ1n) is 8.83. The Hall–Kier alpha value is -2.97. The summed E-state index contributed by atoms with van der Waals surface area (Å²) < 4.78 is 11.0. The molecule has 1 aliphatic rings. The molecule has 3 heterocycles. The number of hydrogen-bond donors (Lipinski definition) is 0. The number of piperazine rings is 1. The van der Waals surface area contributed by atoms with Crippen LogP contribution in [0.5, 0.6) is 5.75 Å². The SMILES string of the molecule is CC(C)(C)OC(=O)N1CCN(c2ncc(OCc3ccncn3)cn2)CC1. The number of anilines is 1. The molecule has 0 unspecified atom stereocenters. The topological polar surface area (TPSA) is 93.6 Å². The lowest BCUT2D eigenvalue weighted by molar-refractivity contribution is 0.0240. The number of nitrogens with zero attached hydrogens (tertiary/aromatic N) is 6. The van der Waals surface area contributed by atoms with Crippen molar-refractivity contribution in [3.8, 4) is 5.75 Å². The first-order chi connectivity index (χ1) is 12.9. The van der Waals surface area contributed by atoms with Crippen LogP contribution >= 0.6 is 0 Å². The lowest BCUT2D eigenvalue weighted by atomic mass is 10.2. The van der Waals surface area contributed by atoms with Gasteiger partial charge in [-0.15, -0.1) is 0 Å². The van der Waals surface area contributed by atoms with E-state index in [4.69, 9.17) is 9.47 Å². The highest BCUT2D eigenvalue weighted by Gasteiger charge is 2.26. The van der Waals surface area contributed by atoms with Gasteiger partial charge in [0.25, 0.3) is 0 Å². The van der Waals surface area contributed by atoms with Crippen LogP contribution in [0.4, 0.5) is 10.7 Å². The summed E-state index contributed by atoms with van der Waals surface area (Å²) in [5.41, 5.74) is 0.297. The van der Waals surface area contributed by atoms with Gasteiger partial charge in [-0.2, -0.15) is 0 Å². The largest absolute Gasteiger partial charge is 0.484 e. The summed E-state index contributed by atoms with van der Waals surface area (Å²) in [6, 6.07) is 1.79. The van der Waals surface area contributed by atoms with E-state index in [1.165, 1.54) is 6.33 Å². The summed E-state index contributed by atoms with van der Waals surface area (Å²) in [4.78, 5) is 32.6. The second-order valence-corrected chi connectivity index (χ2v) is 7.16. The molecule has 0 atom stereocenters. The summed E-state index contributed by atoms with van der Waals surface area (Å²) in [6.45, 7) is 8.38. The number of hydrogen-bond acceptors (Lipinski definition) is 8. The minimum atomic E-state index is -0.487. The van der Waals surface area contributed by atoms with E-state index in [0.29, 0.717) is 44.5 Å². The predicted octanol–water partition coefficient (Wildman–Crippen LogP) is 1.90. The highest BCUT2D eigenvalue weighted by Crippen LogP contribution is 2.16. The average Bonchev–Trinajstić information content (AvgIpc) is 2.66. The van der Waals surface area contributed by atoms with Gasteiger partial charge in [-0.25, -0.2) is 24.7 Å². The molecule has 0 bridgehead atoms. The highest BCUT2D eigenvalue weighted by atomic mass is 16.6. The van der Waals surface area contributed by atoms with Gasteiger partial charge >= 0.3 is 6.09 Å². The van der Waals surface area contributed by atoms with Gasteiger partial charge in [0.2, 0.25) is 5.95 Å². The Kier molecular flexibility index (Phi) is 5.68. The Labute approximate surface area is 158 Å². The molecule has 1 saturated heterocycles. The van der Waals surface area contributed by atoms with Crippen LogP contribution in [-0.2, 0) is 11.3 Å². The van der Waals surface area contributed by atoms with Crippen LogP contribution in [-0.4, -0.2) is 62.7 Å². The van der Waals surface area contributed by atoms with Crippen LogP contribution in [0.15, 0.2) is 31.0 Å². The van der Waals surface area contributed by atoms with Gasteiger partial charge in [0.05, 0.1) is 18.1 Å². The molecule has 3 rings (SSSR count). The minimum Gasteiger partial charge on any atom is -0.484 e. The van der Waals surface area contributed by atoms with E-state index in [-0.39, 0.29) is 6.09 Å². The molecule has 0 spiro atoms. The van der Waals surface area contributed by atoms with Crippen molar-refractivity contribution in [3.05, 3.63) is 36.7 Å². The second kappa shape index (κ2) is 8.15. The van der Waals surface area contributed by atoms with Crippen molar-refractivity contribution in [2.24, 2.45) is 0 Å². The molecule has 2 aromatic heterocycles. The van der Waals surface area contributed by atoms with Gasteiger partial charge in [-0.3, -0.25) is 0 Å². The first-order valence-corrected chi connectivity index (χ1v) is 8.83. The Morgan fingerprint density at radius 2 is 1.81 bits per heavy atom. The molecular formula is C18H24N6O3. The van der Waals surface area contributed by atoms with E-state index < -0.39 is 5.60 Å². The van der Waals surface area contributed by atoms with Crippen LogP contribution < -0.4 is 9.64 Å². The van der Waals surface area contributed by atoms with Crippen molar-refractivity contribution in [2.75, 3.05) is 31.1 Å². The van der Waals surface area contributed by atoms with E-state index >= 15 is 0 Å². The van der Waals surface area contributed by atoms with E-state index in [1.54, 1.807) is 29.6 Å². The number of aromatic nitrogens is 4. The van der Waals surface area contributed by atoms with Gasteiger partial charge in [0.15, 0.2) is 5.75 Å². The normalized spacial score (nSPS) is 14.8. The highest BCUT2D eigenvalue weighted by molar-refractivity contribution is 5.68. The van der Waals surface area contributed by atoms with E-state index in [0.717, 1.165) is 5.69 Å². The molecule has 0 N–H and O–H groups in total. The quantitative estimate of drug-likeness (QED) is 0.803. The average molecular weight is 372 g/mol. The summed E-state index contributed by atoms with van der Waals surface area (Å²) in [5, 5.41) is 0. The van der Waals surface area contributed by atoms with Gasteiger partial charge in [0.1, 0.15) is 18.5 Å². The van der Waals surface area contributed by atoms with Gasteiger partial charge < -0.3 is 19.3 Å². The number of carbonyl (C=O) groups excluding carboxylic acids is 1. The lowest BCUT2D eigenvalue weighted by Crippen LogP contribution is -2.50. The number of amides is 1. The van der Waals surface area contributed by atoms with Crippen molar-refractivity contribution in [1.82, 2.24) is 24.8 Å². The molecular weight excluding hydrogens is 348 g/mol. The van der Waals surface area contributed by atoms with Crippen molar-refractivity contribution < 1.29 is 14.3 Å². The summed E-state index contributed by atoms with van der Waals surface area (Å²) in [6.07, 6.45) is 6.15. The zero-order chi connectivity index (χ0) is 19.3. The molecule has 9 heteroatoms. The van der Waals surface area contributed by atoms with Crippen LogP contribution in [0.25, 0.3) is 0 Å². The van der Waals surface area contributed by atoms with Crippen molar-refractivity contribution in [3.63, 3.8) is 0 Å². The summed E-state index contributed by atoms with van der Waals surface area (Å²) in [7, 11) is 0. The van der Waals surface area contributed by atoms with E-state index in [1.807, 2.05) is 25.7 Å². The zero-order valence-electron chi connectivity index (χ0n) is 15.8. The van der Waals surface area contributed by atoms with E-state index in [2.05, 4.69) is 19.9 Å². The fourth-order valence-corrected chi connectivity index (χ4v) is 2.52. The molecule has 1 amide bonds. The molecule has 27 heavy (non-hydrogen) atoms. The van der Waals surface area contributed by atoms with Gasteiger partial charge in [0, 0.05) is 32.4 Å². The number of ether oxygens (including phenoxy) is 2. The van der Waals surface area contributed by atoms with Gasteiger partial charge in [-0.05, 0) is 26.8 Å². The van der Waals surface area contributed by atoms with Crippen molar-refractivity contribution in [1.29, 1.82) is 0 Å². The zero-order valence-corrected chi connectivity index (χ0v) is 15.8. The Bertz CT molecular complexity index is 740. The predicted molar refractivity (Wildman–Crippen MR) is 98.4 cm³/mol. The van der Waals surface area contributed by atoms with Crippen LogP contribution in [0.2, 0.25) is 0 Å². The third-order valence-electron chi connectivity index (χ3n) is 3.86. The minimum absolute atomic E-state index is 0.281.